The number of ketones is 1. The lowest BCUT2D eigenvalue weighted by Gasteiger charge is -2.09. The molecule has 0 aliphatic rings. The minimum Gasteiger partial charge on any atom is -0.294 e. The van der Waals surface area contributed by atoms with Gasteiger partial charge in [0.2, 0.25) is 9.84 Å². The van der Waals surface area contributed by atoms with Crippen molar-refractivity contribution in [2.75, 3.05) is 0 Å². The van der Waals surface area contributed by atoms with E-state index in [-0.39, 0.29) is 4.90 Å². The Morgan fingerprint density at radius 3 is 2.17 bits per heavy atom. The van der Waals surface area contributed by atoms with E-state index in [2.05, 4.69) is 0 Å². The molecule has 0 aliphatic heterocycles. The maximum Gasteiger partial charge on any atom is 0.416 e. The van der Waals surface area contributed by atoms with E-state index < -0.39 is 32.3 Å². The highest BCUT2D eigenvalue weighted by Crippen LogP contribution is 2.31. The van der Waals surface area contributed by atoms with E-state index in [4.69, 9.17) is 0 Å². The lowest BCUT2D eigenvalue weighted by atomic mass is 10.2. The van der Waals surface area contributed by atoms with Crippen molar-refractivity contribution in [1.29, 1.82) is 0 Å². The minimum atomic E-state index is -4.56. The number of hydrogen-bond donors (Lipinski definition) is 0. The van der Waals surface area contributed by atoms with Crippen LogP contribution in [0.15, 0.2) is 51.6 Å². The third kappa shape index (κ3) is 3.89. The van der Waals surface area contributed by atoms with Gasteiger partial charge in [-0.2, -0.15) is 13.2 Å². The van der Waals surface area contributed by atoms with E-state index in [0.717, 1.165) is 19.1 Å². The smallest absolute Gasteiger partial charge is 0.294 e. The number of thiophene rings is 1. The van der Waals surface area contributed by atoms with Gasteiger partial charge in [0.15, 0.2) is 5.78 Å². The summed E-state index contributed by atoms with van der Waals surface area (Å²) in [6.07, 6.45) is -3.33. The van der Waals surface area contributed by atoms with Gasteiger partial charge in [0.05, 0.1) is 10.5 Å². The zero-order valence-corrected chi connectivity index (χ0v) is 13.4. The number of Topliss-reactive ketones (excluding diaryl/α,β-unsaturated/α-hetero) is 1. The van der Waals surface area contributed by atoms with Crippen LogP contribution in [0.4, 0.5) is 13.2 Å². The molecule has 0 N–H and O–H groups in total. The van der Waals surface area contributed by atoms with Gasteiger partial charge in [0.25, 0.3) is 0 Å². The fourth-order valence-corrected chi connectivity index (χ4v) is 3.96. The van der Waals surface area contributed by atoms with Gasteiger partial charge in [0.1, 0.15) is 4.91 Å². The fourth-order valence-electron chi connectivity index (χ4n) is 1.82. The SMILES string of the molecule is CC(=O)/C(=C/c1cccs1)S(=O)(=O)c1ccc(C(F)(F)F)cc1. The summed E-state index contributed by atoms with van der Waals surface area (Å²) in [5.74, 6) is -0.682. The van der Waals surface area contributed by atoms with Gasteiger partial charge < -0.3 is 0 Å². The molecule has 0 spiro atoms. The van der Waals surface area contributed by atoms with Crippen LogP contribution in [0.3, 0.4) is 0 Å². The van der Waals surface area contributed by atoms with Crippen molar-refractivity contribution in [2.24, 2.45) is 0 Å². The normalized spacial score (nSPS) is 13.1. The highest BCUT2D eigenvalue weighted by atomic mass is 32.2. The number of rotatable bonds is 4. The number of carbonyl (C=O) groups excluding carboxylic acids is 1. The van der Waals surface area contributed by atoms with Crippen molar-refractivity contribution < 1.29 is 26.4 Å². The Labute approximate surface area is 135 Å². The molecule has 0 amide bonds. The van der Waals surface area contributed by atoms with Gasteiger partial charge in [-0.25, -0.2) is 8.42 Å². The molecule has 3 nitrogen and oxygen atoms in total. The van der Waals surface area contributed by atoms with Crippen molar-refractivity contribution >= 4 is 33.0 Å². The molecule has 0 unspecified atom stereocenters. The van der Waals surface area contributed by atoms with Crippen LogP contribution in [0.1, 0.15) is 17.4 Å². The summed E-state index contributed by atoms with van der Waals surface area (Å²) in [4.78, 5) is 11.4. The molecule has 122 valence electrons. The Bertz CT molecular complexity index is 831. The van der Waals surface area contributed by atoms with Gasteiger partial charge in [-0.3, -0.25) is 4.79 Å². The number of alkyl halides is 3. The van der Waals surface area contributed by atoms with Crippen LogP contribution in [0.2, 0.25) is 0 Å². The number of allylic oxidation sites excluding steroid dienone is 1. The molecule has 0 saturated carbocycles. The summed E-state index contributed by atoms with van der Waals surface area (Å²) in [6, 6.07) is 6.38. The average Bonchev–Trinajstić information content (AvgIpc) is 2.96. The number of carbonyl (C=O) groups is 1. The standard InChI is InChI=1S/C15H11F3O3S2/c1-10(19)14(9-12-3-2-8-22-12)23(20,21)13-6-4-11(5-7-13)15(16,17)18/h2-9H,1H3/b14-9-. The van der Waals surface area contributed by atoms with Crippen LogP contribution < -0.4 is 0 Å². The van der Waals surface area contributed by atoms with Crippen LogP contribution in [-0.2, 0) is 20.8 Å². The largest absolute Gasteiger partial charge is 0.416 e. The molecule has 2 rings (SSSR count). The monoisotopic (exact) mass is 360 g/mol. The molecule has 23 heavy (non-hydrogen) atoms. The second-order valence-corrected chi connectivity index (χ2v) is 7.50. The summed E-state index contributed by atoms with van der Waals surface area (Å²) < 4.78 is 62.6. The molecule has 1 heterocycles. The van der Waals surface area contributed by atoms with E-state index in [1.165, 1.54) is 17.4 Å². The molecular weight excluding hydrogens is 349 g/mol. The number of benzene rings is 1. The number of sulfone groups is 1. The third-order valence-corrected chi connectivity index (χ3v) is 5.64. The maximum atomic E-state index is 12.5. The van der Waals surface area contributed by atoms with Crippen LogP contribution in [0.5, 0.6) is 0 Å². The Morgan fingerprint density at radius 1 is 1.13 bits per heavy atom. The van der Waals surface area contributed by atoms with E-state index in [1.54, 1.807) is 17.5 Å². The summed E-state index contributed by atoms with van der Waals surface area (Å²) >= 11 is 1.24. The molecule has 1 aromatic carbocycles. The molecule has 1 aromatic heterocycles. The Balaban J connectivity index is 2.49. The lowest BCUT2D eigenvalue weighted by Crippen LogP contribution is -2.12. The van der Waals surface area contributed by atoms with E-state index >= 15 is 0 Å². The Hall–Kier alpha value is -1.93. The van der Waals surface area contributed by atoms with Gasteiger partial charge in [-0.1, -0.05) is 6.07 Å². The second kappa shape index (κ2) is 6.29. The fraction of sp³-hybridized carbons (Fsp3) is 0.133. The maximum absolute atomic E-state index is 12.5. The van der Waals surface area contributed by atoms with Crippen molar-refractivity contribution in [1.82, 2.24) is 0 Å². The van der Waals surface area contributed by atoms with Crippen LogP contribution in [0, 0.1) is 0 Å². The molecule has 8 heteroatoms. The highest BCUT2D eigenvalue weighted by Gasteiger charge is 2.31. The van der Waals surface area contributed by atoms with Crippen LogP contribution in [0.25, 0.3) is 6.08 Å². The van der Waals surface area contributed by atoms with Gasteiger partial charge in [0, 0.05) is 4.88 Å². The minimum absolute atomic E-state index is 0.358. The Kier molecular flexibility index (Phi) is 4.76. The molecule has 0 bridgehead atoms. The molecular formula is C15H11F3O3S2. The van der Waals surface area contributed by atoms with E-state index in [0.29, 0.717) is 17.0 Å². The first-order valence-electron chi connectivity index (χ1n) is 6.31. The topological polar surface area (TPSA) is 51.2 Å². The lowest BCUT2D eigenvalue weighted by molar-refractivity contribution is -0.137. The summed E-state index contributed by atoms with van der Waals surface area (Å²) in [5.41, 5.74) is -0.955. The zero-order valence-electron chi connectivity index (χ0n) is 11.8. The quantitative estimate of drug-likeness (QED) is 0.769. The first-order chi connectivity index (χ1) is 10.6. The molecule has 0 saturated heterocycles. The van der Waals surface area contributed by atoms with E-state index in [1.807, 2.05) is 0 Å². The summed E-state index contributed by atoms with van der Waals surface area (Å²) in [5, 5.41) is 1.72. The van der Waals surface area contributed by atoms with Crippen LogP contribution >= 0.6 is 11.3 Å². The molecule has 0 radical (unpaired) electrons. The van der Waals surface area contributed by atoms with Crippen molar-refractivity contribution in [3.63, 3.8) is 0 Å². The van der Waals surface area contributed by atoms with Crippen molar-refractivity contribution in [3.05, 3.63) is 57.1 Å². The van der Waals surface area contributed by atoms with E-state index in [9.17, 15) is 26.4 Å². The number of hydrogen-bond acceptors (Lipinski definition) is 4. The average molecular weight is 360 g/mol. The van der Waals surface area contributed by atoms with Crippen LogP contribution in [-0.4, -0.2) is 14.2 Å². The molecule has 0 fully saturated rings. The summed E-state index contributed by atoms with van der Waals surface area (Å²) in [6.45, 7) is 1.10. The molecule has 2 aromatic rings. The first kappa shape index (κ1) is 17.4. The zero-order chi connectivity index (χ0) is 17.3. The highest BCUT2D eigenvalue weighted by molar-refractivity contribution is 7.96. The Morgan fingerprint density at radius 2 is 1.74 bits per heavy atom. The summed E-state index contributed by atoms with van der Waals surface area (Å²) in [7, 11) is -4.19. The van der Waals surface area contributed by atoms with Gasteiger partial charge in [-0.15, -0.1) is 11.3 Å². The first-order valence-corrected chi connectivity index (χ1v) is 8.67. The molecule has 0 aliphatic carbocycles. The van der Waals surface area contributed by atoms with Crippen molar-refractivity contribution in [2.45, 2.75) is 18.0 Å². The third-order valence-electron chi connectivity index (χ3n) is 2.94. The van der Waals surface area contributed by atoms with Gasteiger partial charge in [-0.05, 0) is 48.7 Å². The predicted molar refractivity (Wildman–Crippen MR) is 81.6 cm³/mol. The second-order valence-electron chi connectivity index (χ2n) is 4.61. The van der Waals surface area contributed by atoms with Gasteiger partial charge >= 0.3 is 6.18 Å². The molecule has 0 atom stereocenters. The number of halogens is 3. The predicted octanol–water partition coefficient (Wildman–Crippen LogP) is 4.17. The van der Waals surface area contributed by atoms with Crippen molar-refractivity contribution in [3.8, 4) is 0 Å².